The first-order valence-corrected chi connectivity index (χ1v) is 10.1. The number of nitrogens with zero attached hydrogens (tertiary/aromatic N) is 1. The molecule has 1 aliphatic carbocycles. The summed E-state index contributed by atoms with van der Waals surface area (Å²) in [7, 11) is -1.19. The van der Waals surface area contributed by atoms with E-state index in [4.69, 9.17) is 4.84 Å². The summed E-state index contributed by atoms with van der Waals surface area (Å²) in [5, 5.41) is 5.51. The maximum atomic E-state index is 12.4. The van der Waals surface area contributed by atoms with Crippen molar-refractivity contribution in [3.8, 4) is 0 Å². The number of amides is 2. The molecule has 3 rings (SSSR count). The molecule has 148 valence electrons. The zero-order valence-electron chi connectivity index (χ0n) is 15.5. The van der Waals surface area contributed by atoms with Crippen molar-refractivity contribution in [2.45, 2.75) is 17.7 Å². The second kappa shape index (κ2) is 8.09. The summed E-state index contributed by atoms with van der Waals surface area (Å²) in [6.45, 7) is 0. The van der Waals surface area contributed by atoms with Crippen LogP contribution in [0.25, 0.3) is 0 Å². The van der Waals surface area contributed by atoms with Gasteiger partial charge >= 0.3 is 0 Å². The Kier molecular flexibility index (Phi) is 5.78. The molecule has 0 spiro atoms. The van der Waals surface area contributed by atoms with Gasteiger partial charge in [-0.25, -0.2) is 8.42 Å². The minimum atomic E-state index is -3.74. The van der Waals surface area contributed by atoms with Crippen molar-refractivity contribution in [1.29, 1.82) is 0 Å². The highest BCUT2D eigenvalue weighted by Crippen LogP contribution is 2.30. The van der Waals surface area contributed by atoms with Gasteiger partial charge in [0.15, 0.2) is 0 Å². The Labute approximate surface area is 163 Å². The maximum absolute atomic E-state index is 12.4. The molecule has 0 radical (unpaired) electrons. The van der Waals surface area contributed by atoms with Crippen LogP contribution in [0.1, 0.15) is 23.2 Å². The Morgan fingerprint density at radius 3 is 2.04 bits per heavy atom. The van der Waals surface area contributed by atoms with Crippen molar-refractivity contribution in [1.82, 2.24) is 4.47 Å². The Balaban J connectivity index is 1.63. The van der Waals surface area contributed by atoms with Gasteiger partial charge in [-0.3, -0.25) is 14.4 Å². The van der Waals surface area contributed by atoms with Crippen molar-refractivity contribution in [3.05, 3.63) is 54.1 Å². The number of benzene rings is 2. The minimum Gasteiger partial charge on any atom is -0.326 e. The predicted octanol–water partition coefficient (Wildman–Crippen LogP) is 2.47. The molecule has 2 aromatic rings. The van der Waals surface area contributed by atoms with Crippen molar-refractivity contribution in [2.75, 3.05) is 24.8 Å². The Morgan fingerprint density at radius 2 is 1.50 bits per heavy atom. The quantitative estimate of drug-likeness (QED) is 0.691. The molecular formula is C19H21N3O5S. The van der Waals surface area contributed by atoms with Crippen molar-refractivity contribution in [2.24, 2.45) is 5.92 Å². The highest BCUT2D eigenvalue weighted by Gasteiger charge is 2.29. The van der Waals surface area contributed by atoms with E-state index in [-0.39, 0.29) is 22.6 Å². The molecule has 0 aromatic heterocycles. The van der Waals surface area contributed by atoms with Gasteiger partial charge in [0.05, 0.1) is 12.0 Å². The molecule has 0 atom stereocenters. The summed E-state index contributed by atoms with van der Waals surface area (Å²) in [5.74, 6) is -0.227. The van der Waals surface area contributed by atoms with E-state index < -0.39 is 10.0 Å². The molecule has 0 saturated heterocycles. The number of hydroxylamine groups is 1. The van der Waals surface area contributed by atoms with E-state index in [1.807, 2.05) is 0 Å². The van der Waals surface area contributed by atoms with Crippen LogP contribution >= 0.6 is 0 Å². The van der Waals surface area contributed by atoms with Crippen LogP contribution in [0.5, 0.6) is 0 Å². The highest BCUT2D eigenvalue weighted by molar-refractivity contribution is 7.89. The van der Waals surface area contributed by atoms with Crippen LogP contribution in [0, 0.1) is 5.92 Å². The summed E-state index contributed by atoms with van der Waals surface area (Å²) < 4.78 is 25.1. The second-order valence-corrected chi connectivity index (χ2v) is 8.35. The zero-order chi connectivity index (χ0) is 20.3. The lowest BCUT2D eigenvalue weighted by Crippen LogP contribution is -2.25. The fourth-order valence-electron chi connectivity index (χ4n) is 2.45. The third-order valence-corrected chi connectivity index (χ3v) is 6.06. The van der Waals surface area contributed by atoms with Crippen LogP contribution < -0.4 is 10.6 Å². The van der Waals surface area contributed by atoms with Gasteiger partial charge in [0.2, 0.25) is 5.91 Å². The van der Waals surface area contributed by atoms with Crippen LogP contribution in [-0.4, -0.2) is 38.9 Å². The fraction of sp³-hybridized carbons (Fsp3) is 0.263. The average Bonchev–Trinajstić information content (AvgIpc) is 3.53. The minimum absolute atomic E-state index is 0.00589. The van der Waals surface area contributed by atoms with E-state index in [2.05, 4.69) is 10.6 Å². The number of hydrogen-bond acceptors (Lipinski definition) is 5. The summed E-state index contributed by atoms with van der Waals surface area (Å²) in [5.41, 5.74) is 1.51. The molecule has 9 heteroatoms. The summed E-state index contributed by atoms with van der Waals surface area (Å²) in [6.07, 6.45) is 1.85. The van der Waals surface area contributed by atoms with Gasteiger partial charge < -0.3 is 10.6 Å². The molecule has 1 saturated carbocycles. The molecular weight excluding hydrogens is 382 g/mol. The first-order valence-electron chi connectivity index (χ1n) is 8.66. The lowest BCUT2D eigenvalue weighted by Gasteiger charge is -2.14. The molecule has 2 N–H and O–H groups in total. The Morgan fingerprint density at radius 1 is 0.964 bits per heavy atom. The number of sulfonamides is 1. The Hall–Kier alpha value is -2.75. The largest absolute Gasteiger partial charge is 0.326 e. The number of rotatable bonds is 7. The average molecular weight is 403 g/mol. The Bertz CT molecular complexity index is 968. The smallest absolute Gasteiger partial charge is 0.264 e. The van der Waals surface area contributed by atoms with E-state index in [0.717, 1.165) is 17.3 Å². The third kappa shape index (κ3) is 4.56. The summed E-state index contributed by atoms with van der Waals surface area (Å²) in [6, 6.07) is 12.3. The van der Waals surface area contributed by atoms with Gasteiger partial charge in [0.1, 0.15) is 0 Å². The van der Waals surface area contributed by atoms with Crippen molar-refractivity contribution in [3.63, 3.8) is 0 Å². The van der Waals surface area contributed by atoms with Crippen molar-refractivity contribution < 1.29 is 22.8 Å². The fourth-order valence-corrected chi connectivity index (χ4v) is 3.43. The topological polar surface area (TPSA) is 105 Å². The van der Waals surface area contributed by atoms with Crippen LogP contribution in [0.15, 0.2) is 53.4 Å². The van der Waals surface area contributed by atoms with Crippen LogP contribution in [0.4, 0.5) is 11.4 Å². The number of carbonyl (C=O) groups excluding carboxylic acids is 2. The second-order valence-electron chi connectivity index (χ2n) is 6.42. The molecule has 0 heterocycles. The molecule has 28 heavy (non-hydrogen) atoms. The molecule has 0 bridgehead atoms. The van der Waals surface area contributed by atoms with Crippen molar-refractivity contribution >= 4 is 33.2 Å². The number of anilines is 2. The maximum Gasteiger partial charge on any atom is 0.264 e. The van der Waals surface area contributed by atoms with E-state index in [9.17, 15) is 18.0 Å². The van der Waals surface area contributed by atoms with Gasteiger partial charge in [-0.05, 0) is 61.4 Å². The summed E-state index contributed by atoms with van der Waals surface area (Å²) in [4.78, 5) is 28.9. The molecule has 1 aliphatic rings. The molecule has 0 aliphatic heterocycles. The van der Waals surface area contributed by atoms with E-state index in [1.54, 1.807) is 24.3 Å². The van der Waals surface area contributed by atoms with Crippen LogP contribution in [0.3, 0.4) is 0 Å². The molecule has 1 fully saturated rings. The van der Waals surface area contributed by atoms with Gasteiger partial charge in [0.25, 0.3) is 15.9 Å². The lowest BCUT2D eigenvalue weighted by molar-refractivity contribution is -0.117. The van der Waals surface area contributed by atoms with E-state index in [1.165, 1.54) is 38.4 Å². The molecule has 2 aromatic carbocycles. The lowest BCUT2D eigenvalue weighted by atomic mass is 10.2. The van der Waals surface area contributed by atoms with E-state index in [0.29, 0.717) is 16.9 Å². The molecule has 8 nitrogen and oxygen atoms in total. The zero-order valence-corrected chi connectivity index (χ0v) is 16.3. The van der Waals surface area contributed by atoms with Crippen LogP contribution in [0.2, 0.25) is 0 Å². The third-order valence-electron chi connectivity index (χ3n) is 4.37. The first kappa shape index (κ1) is 20.0. The standard InChI is InChI=1S/C19H21N3O5S/c1-22(27-2)28(25,26)17-11-9-16(10-12-17)21-19(24)14-5-7-15(8-6-14)20-18(23)13-3-4-13/h5-13H,3-4H2,1-2H3,(H,20,23)(H,21,24). The molecule has 2 amide bonds. The first-order chi connectivity index (χ1) is 13.3. The van der Waals surface area contributed by atoms with Gasteiger partial charge in [-0.1, -0.05) is 4.47 Å². The SMILES string of the molecule is CON(C)S(=O)(=O)c1ccc(NC(=O)c2ccc(NC(=O)C3CC3)cc2)cc1. The van der Waals surface area contributed by atoms with Gasteiger partial charge in [-0.15, -0.1) is 0 Å². The van der Waals surface area contributed by atoms with Gasteiger partial charge in [-0.2, -0.15) is 0 Å². The monoisotopic (exact) mass is 403 g/mol. The van der Waals surface area contributed by atoms with Gasteiger partial charge in [0, 0.05) is 29.9 Å². The number of hydrogen-bond donors (Lipinski definition) is 2. The van der Waals surface area contributed by atoms with Crippen LogP contribution in [-0.2, 0) is 19.7 Å². The van der Waals surface area contributed by atoms with E-state index >= 15 is 0 Å². The predicted molar refractivity (Wildman–Crippen MR) is 104 cm³/mol. The molecule has 0 unspecified atom stereocenters. The highest BCUT2D eigenvalue weighted by atomic mass is 32.2. The summed E-state index contributed by atoms with van der Waals surface area (Å²) >= 11 is 0. The number of nitrogens with one attached hydrogen (secondary N) is 2. The number of carbonyl (C=O) groups is 2. The normalized spacial score (nSPS) is 14.0.